The lowest BCUT2D eigenvalue weighted by Gasteiger charge is -2.07. The van der Waals surface area contributed by atoms with Gasteiger partial charge < -0.3 is 9.53 Å². The Bertz CT molecular complexity index is 379. The average Bonchev–Trinajstić information content (AvgIpc) is 2.27. The van der Waals surface area contributed by atoms with E-state index in [9.17, 15) is 4.79 Å². The number of carbonyl (C=O) groups excluding carboxylic acids is 1. The van der Waals surface area contributed by atoms with Gasteiger partial charge in [0.1, 0.15) is 12.0 Å². The zero-order valence-electron chi connectivity index (χ0n) is 8.15. The SMILES string of the molecule is COc1cc(C#N)cc(C(C)C=O)c1. The highest BCUT2D eigenvalue weighted by atomic mass is 16.5. The Morgan fingerprint density at radius 1 is 1.50 bits per heavy atom. The van der Waals surface area contributed by atoms with Crippen molar-refractivity contribution >= 4 is 6.29 Å². The molecule has 1 aromatic rings. The summed E-state index contributed by atoms with van der Waals surface area (Å²) in [7, 11) is 1.53. The molecule has 0 radical (unpaired) electrons. The van der Waals surface area contributed by atoms with Crippen LogP contribution in [0, 0.1) is 11.3 Å². The molecule has 0 aliphatic heterocycles. The molecule has 3 heteroatoms. The van der Waals surface area contributed by atoms with Crippen LogP contribution in [0.4, 0.5) is 0 Å². The van der Waals surface area contributed by atoms with Crippen LogP contribution >= 0.6 is 0 Å². The zero-order valence-corrected chi connectivity index (χ0v) is 8.15. The van der Waals surface area contributed by atoms with Gasteiger partial charge in [-0.15, -0.1) is 0 Å². The topological polar surface area (TPSA) is 50.1 Å². The van der Waals surface area contributed by atoms with Crippen LogP contribution in [0.5, 0.6) is 5.75 Å². The second-order valence-corrected chi connectivity index (χ2v) is 3.03. The Balaban J connectivity index is 3.18. The Labute approximate surface area is 82.9 Å². The van der Waals surface area contributed by atoms with E-state index in [0.29, 0.717) is 11.3 Å². The fraction of sp³-hybridized carbons (Fsp3) is 0.273. The first-order chi connectivity index (χ1) is 6.71. The molecule has 1 atom stereocenters. The molecule has 14 heavy (non-hydrogen) atoms. The molecule has 1 aromatic carbocycles. The molecule has 0 fully saturated rings. The minimum Gasteiger partial charge on any atom is -0.497 e. The molecule has 0 saturated heterocycles. The molecule has 0 amide bonds. The minimum absolute atomic E-state index is 0.211. The molecule has 3 nitrogen and oxygen atoms in total. The summed E-state index contributed by atoms with van der Waals surface area (Å²) in [6.07, 6.45) is 0.843. The summed E-state index contributed by atoms with van der Waals surface area (Å²) in [6, 6.07) is 7.12. The largest absolute Gasteiger partial charge is 0.497 e. The number of aldehydes is 1. The molecule has 0 aliphatic rings. The molecular formula is C11H11NO2. The van der Waals surface area contributed by atoms with Crippen molar-refractivity contribution < 1.29 is 9.53 Å². The minimum atomic E-state index is -0.211. The quantitative estimate of drug-likeness (QED) is 0.682. The Hall–Kier alpha value is -1.82. The zero-order chi connectivity index (χ0) is 10.6. The number of benzene rings is 1. The Morgan fingerprint density at radius 2 is 2.21 bits per heavy atom. The standard InChI is InChI=1S/C11H11NO2/c1-8(7-13)10-3-9(6-12)4-11(5-10)14-2/h3-5,7-8H,1-2H3. The molecule has 0 heterocycles. The van der Waals surface area contributed by atoms with Crippen LogP contribution in [0.15, 0.2) is 18.2 Å². The van der Waals surface area contributed by atoms with Crippen molar-refractivity contribution in [3.63, 3.8) is 0 Å². The number of rotatable bonds is 3. The fourth-order valence-corrected chi connectivity index (χ4v) is 1.15. The van der Waals surface area contributed by atoms with E-state index in [1.165, 1.54) is 7.11 Å². The van der Waals surface area contributed by atoms with Crippen molar-refractivity contribution in [3.8, 4) is 11.8 Å². The van der Waals surface area contributed by atoms with Crippen LogP contribution < -0.4 is 4.74 Å². The van der Waals surface area contributed by atoms with E-state index in [4.69, 9.17) is 10.00 Å². The van der Waals surface area contributed by atoms with Crippen molar-refractivity contribution in [3.05, 3.63) is 29.3 Å². The summed E-state index contributed by atoms with van der Waals surface area (Å²) < 4.78 is 5.02. The highest BCUT2D eigenvalue weighted by Gasteiger charge is 2.07. The number of carbonyl (C=O) groups is 1. The van der Waals surface area contributed by atoms with Gasteiger partial charge in [-0.05, 0) is 23.8 Å². The van der Waals surface area contributed by atoms with Gasteiger partial charge in [0.15, 0.2) is 0 Å². The van der Waals surface area contributed by atoms with Crippen LogP contribution in [-0.2, 0) is 4.79 Å². The number of ether oxygens (including phenoxy) is 1. The number of nitrogens with zero attached hydrogens (tertiary/aromatic N) is 1. The van der Waals surface area contributed by atoms with E-state index in [2.05, 4.69) is 0 Å². The number of methoxy groups -OCH3 is 1. The molecule has 0 aliphatic carbocycles. The van der Waals surface area contributed by atoms with E-state index in [1.807, 2.05) is 6.07 Å². The Kier molecular flexibility index (Phi) is 3.24. The molecule has 72 valence electrons. The molecule has 0 bridgehead atoms. The van der Waals surface area contributed by atoms with Crippen molar-refractivity contribution in [2.24, 2.45) is 0 Å². The molecular weight excluding hydrogens is 178 g/mol. The van der Waals surface area contributed by atoms with E-state index >= 15 is 0 Å². The van der Waals surface area contributed by atoms with Crippen molar-refractivity contribution in [2.75, 3.05) is 7.11 Å². The van der Waals surface area contributed by atoms with Gasteiger partial charge in [-0.25, -0.2) is 0 Å². The first-order valence-electron chi connectivity index (χ1n) is 4.25. The normalized spacial score (nSPS) is 11.5. The maximum absolute atomic E-state index is 10.6. The van der Waals surface area contributed by atoms with Crippen molar-refractivity contribution in [1.29, 1.82) is 5.26 Å². The third kappa shape index (κ3) is 2.11. The second kappa shape index (κ2) is 4.43. The van der Waals surface area contributed by atoms with E-state index in [1.54, 1.807) is 25.1 Å². The summed E-state index contributed by atoms with van der Waals surface area (Å²) in [5.74, 6) is 0.393. The van der Waals surface area contributed by atoms with Crippen molar-refractivity contribution in [2.45, 2.75) is 12.8 Å². The van der Waals surface area contributed by atoms with E-state index in [0.717, 1.165) is 11.8 Å². The molecule has 1 unspecified atom stereocenters. The van der Waals surface area contributed by atoms with Gasteiger partial charge in [0.25, 0.3) is 0 Å². The summed E-state index contributed by atoms with van der Waals surface area (Å²) in [5.41, 5.74) is 1.31. The van der Waals surface area contributed by atoms with Gasteiger partial charge in [0, 0.05) is 5.92 Å². The summed E-state index contributed by atoms with van der Waals surface area (Å²) in [5, 5.41) is 8.74. The lowest BCUT2D eigenvalue weighted by atomic mass is 10.0. The molecule has 0 saturated carbocycles. The fourth-order valence-electron chi connectivity index (χ4n) is 1.15. The lowest BCUT2D eigenvalue weighted by Crippen LogP contribution is -1.96. The molecule has 0 N–H and O–H groups in total. The monoisotopic (exact) mass is 189 g/mol. The third-order valence-electron chi connectivity index (χ3n) is 2.02. The average molecular weight is 189 g/mol. The number of hydrogen-bond acceptors (Lipinski definition) is 3. The number of hydrogen-bond donors (Lipinski definition) is 0. The molecule has 0 aromatic heterocycles. The summed E-state index contributed by atoms with van der Waals surface area (Å²) >= 11 is 0. The molecule has 1 rings (SSSR count). The van der Waals surface area contributed by atoms with Crippen molar-refractivity contribution in [1.82, 2.24) is 0 Å². The predicted octanol–water partition coefficient (Wildman–Crippen LogP) is 1.87. The second-order valence-electron chi connectivity index (χ2n) is 3.03. The highest BCUT2D eigenvalue weighted by Crippen LogP contribution is 2.21. The third-order valence-corrected chi connectivity index (χ3v) is 2.02. The van der Waals surface area contributed by atoms with Crippen LogP contribution in [0.3, 0.4) is 0 Å². The van der Waals surface area contributed by atoms with Crippen LogP contribution in [0.2, 0.25) is 0 Å². The lowest BCUT2D eigenvalue weighted by molar-refractivity contribution is -0.108. The van der Waals surface area contributed by atoms with E-state index < -0.39 is 0 Å². The van der Waals surface area contributed by atoms with Gasteiger partial charge in [-0.3, -0.25) is 0 Å². The van der Waals surface area contributed by atoms with Gasteiger partial charge in [0.2, 0.25) is 0 Å². The van der Waals surface area contributed by atoms with Crippen LogP contribution in [-0.4, -0.2) is 13.4 Å². The maximum atomic E-state index is 10.6. The summed E-state index contributed by atoms with van der Waals surface area (Å²) in [6.45, 7) is 1.78. The van der Waals surface area contributed by atoms with Crippen LogP contribution in [0.1, 0.15) is 24.0 Å². The molecule has 0 spiro atoms. The van der Waals surface area contributed by atoms with Gasteiger partial charge in [0.05, 0.1) is 18.7 Å². The van der Waals surface area contributed by atoms with Gasteiger partial charge in [-0.2, -0.15) is 5.26 Å². The first-order valence-corrected chi connectivity index (χ1v) is 4.25. The van der Waals surface area contributed by atoms with Gasteiger partial charge >= 0.3 is 0 Å². The smallest absolute Gasteiger partial charge is 0.127 e. The highest BCUT2D eigenvalue weighted by molar-refractivity contribution is 5.62. The van der Waals surface area contributed by atoms with E-state index in [-0.39, 0.29) is 5.92 Å². The maximum Gasteiger partial charge on any atom is 0.127 e. The summed E-state index contributed by atoms with van der Waals surface area (Å²) in [4.78, 5) is 10.6. The first kappa shape index (κ1) is 10.3. The Morgan fingerprint density at radius 3 is 2.71 bits per heavy atom. The van der Waals surface area contributed by atoms with Crippen LogP contribution in [0.25, 0.3) is 0 Å². The van der Waals surface area contributed by atoms with Gasteiger partial charge in [-0.1, -0.05) is 6.92 Å². The predicted molar refractivity (Wildman–Crippen MR) is 52.2 cm³/mol. The number of nitriles is 1.